The maximum atomic E-state index is 14.1. The average Bonchev–Trinajstić information content (AvgIpc) is 2.52. The molecule has 1 aliphatic carbocycles. The summed E-state index contributed by atoms with van der Waals surface area (Å²) in [6, 6.07) is 12.9. The third-order valence-electron chi connectivity index (χ3n) is 4.57. The number of benzene rings is 2. The molecule has 0 atom stereocenters. The smallest absolute Gasteiger partial charge is 0.335 e. The normalized spacial score (nSPS) is 15.4. The molecule has 0 radical (unpaired) electrons. The number of nitrogens with one attached hydrogen (secondary N) is 1. The van der Waals surface area contributed by atoms with E-state index in [0.717, 1.165) is 6.42 Å². The van der Waals surface area contributed by atoms with Gasteiger partial charge in [0.2, 0.25) is 5.91 Å². The van der Waals surface area contributed by atoms with Crippen molar-refractivity contribution in [1.82, 2.24) is 5.32 Å². The Morgan fingerprint density at radius 3 is 2.38 bits per heavy atom. The Morgan fingerprint density at radius 2 is 1.75 bits per heavy atom. The number of carbonyl (C=O) groups is 2. The second kappa shape index (κ2) is 6.43. The predicted octanol–water partition coefficient (Wildman–Crippen LogP) is 3.26. The van der Waals surface area contributed by atoms with Crippen molar-refractivity contribution in [1.29, 1.82) is 0 Å². The van der Waals surface area contributed by atoms with Crippen LogP contribution in [0, 0.1) is 5.82 Å². The van der Waals surface area contributed by atoms with Crippen LogP contribution in [0.5, 0.6) is 0 Å². The second-order valence-electron chi connectivity index (χ2n) is 6.10. The van der Waals surface area contributed by atoms with Crippen molar-refractivity contribution >= 4 is 11.9 Å². The van der Waals surface area contributed by atoms with Crippen molar-refractivity contribution in [2.45, 2.75) is 31.2 Å². The third-order valence-corrected chi connectivity index (χ3v) is 4.57. The summed E-state index contributed by atoms with van der Waals surface area (Å²) in [5.74, 6) is -1.69. The third kappa shape index (κ3) is 3.02. The van der Waals surface area contributed by atoms with E-state index in [4.69, 9.17) is 0 Å². The molecule has 0 saturated heterocycles. The molecule has 1 aliphatic rings. The molecule has 124 valence electrons. The molecule has 2 aromatic carbocycles. The van der Waals surface area contributed by atoms with Crippen molar-refractivity contribution in [3.05, 3.63) is 71.0 Å². The number of carbonyl (C=O) groups excluding carboxylic acids is 1. The van der Waals surface area contributed by atoms with Crippen LogP contribution in [0.15, 0.2) is 48.5 Å². The lowest BCUT2D eigenvalue weighted by Gasteiger charge is -2.43. The zero-order valence-corrected chi connectivity index (χ0v) is 13.1. The SMILES string of the molecule is O=C(Cc1ccccc1C(=O)O)NC1(c2ccccc2F)CCC1. The molecule has 24 heavy (non-hydrogen) atoms. The molecule has 2 N–H and O–H groups in total. The van der Waals surface area contributed by atoms with Gasteiger partial charge in [0.15, 0.2) is 0 Å². The lowest BCUT2D eigenvalue weighted by Crippen LogP contribution is -2.51. The van der Waals surface area contributed by atoms with E-state index in [1.165, 1.54) is 12.1 Å². The molecule has 0 aliphatic heterocycles. The first-order valence-electron chi connectivity index (χ1n) is 7.89. The minimum Gasteiger partial charge on any atom is -0.478 e. The fourth-order valence-corrected chi connectivity index (χ4v) is 3.21. The number of halogens is 1. The van der Waals surface area contributed by atoms with Crippen LogP contribution in [0.2, 0.25) is 0 Å². The highest BCUT2D eigenvalue weighted by atomic mass is 19.1. The lowest BCUT2D eigenvalue weighted by molar-refractivity contribution is -0.123. The summed E-state index contributed by atoms with van der Waals surface area (Å²) in [7, 11) is 0. The molecule has 5 heteroatoms. The Balaban J connectivity index is 1.80. The Bertz CT molecular complexity index is 784. The van der Waals surface area contributed by atoms with E-state index in [1.807, 2.05) is 0 Å². The summed E-state index contributed by atoms with van der Waals surface area (Å²) in [6.07, 6.45) is 2.24. The van der Waals surface area contributed by atoms with Crippen LogP contribution in [-0.2, 0) is 16.8 Å². The largest absolute Gasteiger partial charge is 0.478 e. The summed E-state index contributed by atoms with van der Waals surface area (Å²) in [6.45, 7) is 0. The number of rotatable bonds is 5. The molecule has 2 aromatic rings. The molecule has 0 unspecified atom stereocenters. The maximum absolute atomic E-state index is 14.1. The van der Waals surface area contributed by atoms with Gasteiger partial charge in [-0.2, -0.15) is 0 Å². The van der Waals surface area contributed by atoms with Crippen molar-refractivity contribution in [3.63, 3.8) is 0 Å². The summed E-state index contributed by atoms with van der Waals surface area (Å²) in [5.41, 5.74) is 0.378. The molecule has 0 aromatic heterocycles. The van der Waals surface area contributed by atoms with Crippen molar-refractivity contribution < 1.29 is 19.1 Å². The van der Waals surface area contributed by atoms with Crippen LogP contribution >= 0.6 is 0 Å². The standard InChI is InChI=1S/C19H18FNO3/c20-16-9-4-3-8-15(16)19(10-5-11-19)21-17(22)12-13-6-1-2-7-14(13)18(23)24/h1-4,6-9H,5,10-12H2,(H,21,22)(H,23,24). The van der Waals surface area contributed by atoms with Gasteiger partial charge in [0.05, 0.1) is 17.5 Å². The minimum absolute atomic E-state index is 0.0430. The molecule has 4 nitrogen and oxygen atoms in total. The first kappa shape index (κ1) is 16.2. The summed E-state index contributed by atoms with van der Waals surface area (Å²) in [4.78, 5) is 23.7. The van der Waals surface area contributed by atoms with Crippen LogP contribution in [0.25, 0.3) is 0 Å². The quantitative estimate of drug-likeness (QED) is 0.886. The molecule has 1 saturated carbocycles. The highest BCUT2D eigenvalue weighted by molar-refractivity contribution is 5.91. The minimum atomic E-state index is -1.06. The molecule has 1 amide bonds. The Hall–Kier alpha value is -2.69. The molecule has 0 bridgehead atoms. The molecule has 1 fully saturated rings. The number of aromatic carboxylic acids is 1. The van der Waals surface area contributed by atoms with Gasteiger partial charge in [0.25, 0.3) is 0 Å². The number of amides is 1. The highest BCUT2D eigenvalue weighted by Crippen LogP contribution is 2.42. The summed E-state index contributed by atoms with van der Waals surface area (Å²) < 4.78 is 14.1. The molecular weight excluding hydrogens is 309 g/mol. The van der Waals surface area contributed by atoms with Crippen molar-refractivity contribution in [3.8, 4) is 0 Å². The van der Waals surface area contributed by atoms with E-state index in [1.54, 1.807) is 36.4 Å². The van der Waals surface area contributed by atoms with Crippen LogP contribution in [0.4, 0.5) is 4.39 Å². The summed E-state index contributed by atoms with van der Waals surface area (Å²) >= 11 is 0. The van der Waals surface area contributed by atoms with E-state index in [0.29, 0.717) is 24.0 Å². The highest BCUT2D eigenvalue weighted by Gasteiger charge is 2.41. The van der Waals surface area contributed by atoms with Gasteiger partial charge in [-0.05, 0) is 37.0 Å². The van der Waals surface area contributed by atoms with Gasteiger partial charge in [-0.25, -0.2) is 9.18 Å². The van der Waals surface area contributed by atoms with Gasteiger partial charge in [-0.15, -0.1) is 0 Å². The van der Waals surface area contributed by atoms with E-state index >= 15 is 0 Å². The van der Waals surface area contributed by atoms with Gasteiger partial charge in [0.1, 0.15) is 5.82 Å². The predicted molar refractivity (Wildman–Crippen MR) is 87.2 cm³/mol. The van der Waals surface area contributed by atoms with Gasteiger partial charge in [0, 0.05) is 5.56 Å². The first-order valence-corrected chi connectivity index (χ1v) is 7.89. The first-order chi connectivity index (χ1) is 11.5. The van der Waals surface area contributed by atoms with Crippen LogP contribution < -0.4 is 5.32 Å². The van der Waals surface area contributed by atoms with Crippen LogP contribution in [0.1, 0.15) is 40.7 Å². The van der Waals surface area contributed by atoms with Crippen LogP contribution in [-0.4, -0.2) is 17.0 Å². The van der Waals surface area contributed by atoms with Crippen molar-refractivity contribution in [2.75, 3.05) is 0 Å². The molecule has 3 rings (SSSR count). The second-order valence-corrected chi connectivity index (χ2v) is 6.10. The lowest BCUT2D eigenvalue weighted by atomic mass is 9.71. The Morgan fingerprint density at radius 1 is 1.08 bits per heavy atom. The fourth-order valence-electron chi connectivity index (χ4n) is 3.21. The van der Waals surface area contributed by atoms with Gasteiger partial charge >= 0.3 is 5.97 Å². The van der Waals surface area contributed by atoms with Gasteiger partial charge < -0.3 is 10.4 Å². The zero-order valence-electron chi connectivity index (χ0n) is 13.1. The molecular formula is C19H18FNO3. The number of carboxylic acid groups (broad SMARTS) is 1. The zero-order chi connectivity index (χ0) is 17.2. The number of hydrogen-bond acceptors (Lipinski definition) is 2. The van der Waals surface area contributed by atoms with Gasteiger partial charge in [-0.3, -0.25) is 4.79 Å². The number of carboxylic acids is 1. The van der Waals surface area contributed by atoms with E-state index in [-0.39, 0.29) is 23.7 Å². The van der Waals surface area contributed by atoms with E-state index < -0.39 is 11.5 Å². The Labute approximate surface area is 139 Å². The van der Waals surface area contributed by atoms with Crippen LogP contribution in [0.3, 0.4) is 0 Å². The fraction of sp³-hybridized carbons (Fsp3) is 0.263. The monoisotopic (exact) mass is 327 g/mol. The topological polar surface area (TPSA) is 66.4 Å². The molecule has 0 spiro atoms. The number of hydrogen-bond donors (Lipinski definition) is 2. The van der Waals surface area contributed by atoms with E-state index in [9.17, 15) is 19.1 Å². The van der Waals surface area contributed by atoms with Crippen molar-refractivity contribution in [2.24, 2.45) is 0 Å². The average molecular weight is 327 g/mol. The van der Waals surface area contributed by atoms with Gasteiger partial charge in [-0.1, -0.05) is 36.4 Å². The summed E-state index contributed by atoms with van der Waals surface area (Å²) in [5, 5.41) is 12.1. The Kier molecular flexibility index (Phi) is 4.34. The van der Waals surface area contributed by atoms with E-state index in [2.05, 4.69) is 5.32 Å². The molecule has 0 heterocycles. The maximum Gasteiger partial charge on any atom is 0.335 e.